The Labute approximate surface area is 105 Å². The molecule has 0 aliphatic heterocycles. The number of hydrogen-bond acceptors (Lipinski definition) is 3. The van der Waals surface area contributed by atoms with E-state index >= 15 is 0 Å². The summed E-state index contributed by atoms with van der Waals surface area (Å²) in [5.74, 6) is 0.958. The van der Waals surface area contributed by atoms with Crippen molar-refractivity contribution in [2.45, 2.75) is 26.9 Å². The zero-order chi connectivity index (χ0) is 12.8. The maximum atomic E-state index is 9.16. The average Bonchev–Trinajstić information content (AvgIpc) is 1.98. The molecule has 3 nitrogen and oxygen atoms in total. The van der Waals surface area contributed by atoms with Crippen LogP contribution in [-0.4, -0.2) is 14.5 Å². The van der Waals surface area contributed by atoms with Crippen LogP contribution in [0.2, 0.25) is 0 Å². The monoisotopic (exact) mass is 284 g/mol. The molecular formula is C10H14Cl2O3S. The molecule has 0 N–H and O–H groups in total. The van der Waals surface area contributed by atoms with Gasteiger partial charge in [0.1, 0.15) is 5.75 Å². The first kappa shape index (κ1) is 15.5. The molecule has 0 fully saturated rings. The minimum Gasteiger partial charge on any atom is -0.491 e. The molecule has 0 bridgehead atoms. The third-order valence-corrected chi connectivity index (χ3v) is 1.36. The Bertz CT molecular complexity index is 408. The van der Waals surface area contributed by atoms with Crippen molar-refractivity contribution < 1.29 is 13.2 Å². The van der Waals surface area contributed by atoms with Gasteiger partial charge in [-0.2, -0.15) is 8.42 Å². The standard InChI is InChI=1S/C10H14O.Cl2O2S/c1-8(2)11-10-6-4-5-9(3)7-10;1-5(2,3)4/h4-8H,1-3H3;. The Hall–Kier alpha value is -0.450. The molecule has 0 aliphatic rings. The van der Waals surface area contributed by atoms with Crippen LogP contribution in [-0.2, 0) is 8.26 Å². The zero-order valence-corrected chi connectivity index (χ0v) is 11.6. The lowest BCUT2D eigenvalue weighted by atomic mass is 10.2. The highest BCUT2D eigenvalue weighted by Gasteiger charge is 1.95. The van der Waals surface area contributed by atoms with Gasteiger partial charge in [-0.05, 0) is 38.5 Å². The minimum atomic E-state index is -3.72. The normalized spacial score (nSPS) is 10.6. The van der Waals surface area contributed by atoms with Crippen LogP contribution in [0.15, 0.2) is 24.3 Å². The average molecular weight is 285 g/mol. The number of hydrogen-bond donors (Lipinski definition) is 0. The maximum absolute atomic E-state index is 9.16. The van der Waals surface area contributed by atoms with Gasteiger partial charge in [0.2, 0.25) is 0 Å². The van der Waals surface area contributed by atoms with Gasteiger partial charge in [0.25, 0.3) is 0 Å². The predicted molar refractivity (Wildman–Crippen MR) is 67.6 cm³/mol. The van der Waals surface area contributed by atoms with E-state index in [2.05, 4.69) is 34.4 Å². The van der Waals surface area contributed by atoms with E-state index in [1.807, 2.05) is 32.0 Å². The van der Waals surface area contributed by atoms with Gasteiger partial charge in [0.15, 0.2) is 0 Å². The van der Waals surface area contributed by atoms with E-state index in [0.717, 1.165) is 5.75 Å². The highest BCUT2D eigenvalue weighted by molar-refractivity contribution is 8.31. The summed E-state index contributed by atoms with van der Waals surface area (Å²) in [5.41, 5.74) is 1.24. The summed E-state index contributed by atoms with van der Waals surface area (Å²) in [6, 6.07) is 8.09. The smallest absolute Gasteiger partial charge is 0.317 e. The highest BCUT2D eigenvalue weighted by Crippen LogP contribution is 2.13. The fourth-order valence-electron chi connectivity index (χ4n) is 0.961. The molecule has 0 amide bonds. The molecule has 0 atom stereocenters. The van der Waals surface area contributed by atoms with Crippen LogP contribution in [0, 0.1) is 6.92 Å². The number of halogens is 2. The summed E-state index contributed by atoms with van der Waals surface area (Å²) in [5, 5.41) is 0. The van der Waals surface area contributed by atoms with E-state index in [1.165, 1.54) is 5.56 Å². The van der Waals surface area contributed by atoms with Crippen molar-refractivity contribution >= 4 is 29.6 Å². The Balaban J connectivity index is 0.000000385. The van der Waals surface area contributed by atoms with Gasteiger partial charge in [-0.1, -0.05) is 12.1 Å². The Morgan fingerprint density at radius 3 is 2.12 bits per heavy atom. The molecule has 0 aromatic heterocycles. The molecule has 0 spiro atoms. The summed E-state index contributed by atoms with van der Waals surface area (Å²) in [6.45, 7) is 6.12. The molecule has 0 saturated heterocycles. The van der Waals surface area contributed by atoms with E-state index in [0.29, 0.717) is 0 Å². The summed E-state index contributed by atoms with van der Waals surface area (Å²) in [7, 11) is 4.81. The molecule has 16 heavy (non-hydrogen) atoms. The maximum Gasteiger partial charge on any atom is 0.317 e. The van der Waals surface area contributed by atoms with Crippen molar-refractivity contribution in [3.63, 3.8) is 0 Å². The Morgan fingerprint density at radius 2 is 1.75 bits per heavy atom. The first-order valence-corrected chi connectivity index (χ1v) is 7.69. The second-order valence-electron chi connectivity index (χ2n) is 3.36. The van der Waals surface area contributed by atoms with E-state index in [4.69, 9.17) is 13.2 Å². The molecule has 0 radical (unpaired) electrons. The number of benzene rings is 1. The third kappa shape index (κ3) is 11.6. The second kappa shape index (κ2) is 6.99. The molecule has 0 saturated carbocycles. The third-order valence-electron chi connectivity index (χ3n) is 1.36. The zero-order valence-electron chi connectivity index (χ0n) is 9.28. The van der Waals surface area contributed by atoms with Crippen LogP contribution in [0.25, 0.3) is 0 Å². The SMILES string of the molecule is Cc1cccc(OC(C)C)c1.O=S(=O)(Cl)Cl. The molecule has 92 valence electrons. The van der Waals surface area contributed by atoms with Gasteiger partial charge in [0, 0.05) is 21.4 Å². The van der Waals surface area contributed by atoms with Crippen molar-refractivity contribution in [1.29, 1.82) is 0 Å². The van der Waals surface area contributed by atoms with Gasteiger partial charge in [-0.3, -0.25) is 0 Å². The van der Waals surface area contributed by atoms with E-state index in [1.54, 1.807) is 0 Å². The van der Waals surface area contributed by atoms with Crippen molar-refractivity contribution in [2.75, 3.05) is 0 Å². The van der Waals surface area contributed by atoms with Gasteiger partial charge < -0.3 is 4.74 Å². The minimum absolute atomic E-state index is 0.261. The lowest BCUT2D eigenvalue weighted by Gasteiger charge is -2.09. The van der Waals surface area contributed by atoms with Crippen LogP contribution in [0.5, 0.6) is 5.75 Å². The second-order valence-corrected chi connectivity index (χ2v) is 7.03. The molecule has 6 heteroatoms. The molecule has 0 unspecified atom stereocenters. The molecule has 1 aromatic rings. The topological polar surface area (TPSA) is 43.4 Å². The largest absolute Gasteiger partial charge is 0.491 e. The fourth-order valence-corrected chi connectivity index (χ4v) is 0.961. The quantitative estimate of drug-likeness (QED) is 0.781. The van der Waals surface area contributed by atoms with Crippen molar-refractivity contribution in [3.8, 4) is 5.75 Å². The molecule has 1 aromatic carbocycles. The number of aryl methyl sites for hydroxylation is 1. The molecule has 0 heterocycles. The van der Waals surface area contributed by atoms with E-state index < -0.39 is 8.26 Å². The van der Waals surface area contributed by atoms with Gasteiger partial charge in [-0.25, -0.2) is 0 Å². The van der Waals surface area contributed by atoms with Gasteiger partial charge in [-0.15, -0.1) is 0 Å². The number of ether oxygens (including phenoxy) is 1. The van der Waals surface area contributed by atoms with Crippen LogP contribution in [0.1, 0.15) is 19.4 Å². The summed E-state index contributed by atoms with van der Waals surface area (Å²) in [4.78, 5) is 0. The lowest BCUT2D eigenvalue weighted by Crippen LogP contribution is -2.05. The molecule has 0 aliphatic carbocycles. The summed E-state index contributed by atoms with van der Waals surface area (Å²) in [6.07, 6.45) is 0.261. The molecular weight excluding hydrogens is 271 g/mol. The van der Waals surface area contributed by atoms with Crippen molar-refractivity contribution in [2.24, 2.45) is 0 Å². The highest BCUT2D eigenvalue weighted by atomic mass is 36.0. The predicted octanol–water partition coefficient (Wildman–Crippen LogP) is 3.49. The van der Waals surface area contributed by atoms with Gasteiger partial charge >= 0.3 is 8.26 Å². The summed E-state index contributed by atoms with van der Waals surface area (Å²) < 4.78 is 23.8. The van der Waals surface area contributed by atoms with Crippen LogP contribution in [0.3, 0.4) is 0 Å². The van der Waals surface area contributed by atoms with Crippen molar-refractivity contribution in [1.82, 2.24) is 0 Å². The molecule has 1 rings (SSSR count). The summed E-state index contributed by atoms with van der Waals surface area (Å²) >= 11 is 0. The first-order chi connectivity index (χ1) is 7.18. The number of rotatable bonds is 2. The van der Waals surface area contributed by atoms with E-state index in [-0.39, 0.29) is 6.10 Å². The van der Waals surface area contributed by atoms with Gasteiger partial charge in [0.05, 0.1) is 6.10 Å². The Kier molecular flexibility index (Phi) is 6.79. The van der Waals surface area contributed by atoms with Crippen LogP contribution >= 0.6 is 21.4 Å². The Morgan fingerprint density at radius 1 is 1.25 bits per heavy atom. The first-order valence-electron chi connectivity index (χ1n) is 4.56. The fraction of sp³-hybridized carbons (Fsp3) is 0.400. The van der Waals surface area contributed by atoms with Crippen molar-refractivity contribution in [3.05, 3.63) is 29.8 Å². The van der Waals surface area contributed by atoms with Crippen LogP contribution in [0.4, 0.5) is 0 Å². The van der Waals surface area contributed by atoms with Crippen LogP contribution < -0.4 is 4.74 Å². The lowest BCUT2D eigenvalue weighted by molar-refractivity contribution is 0.242. The van der Waals surface area contributed by atoms with E-state index in [9.17, 15) is 0 Å².